The minimum atomic E-state index is -1.20. The number of phenols is 1. The third kappa shape index (κ3) is 9.55. The molecule has 0 bridgehead atoms. The van der Waals surface area contributed by atoms with Gasteiger partial charge in [0.2, 0.25) is 17.7 Å². The van der Waals surface area contributed by atoms with Crippen molar-refractivity contribution in [3.63, 3.8) is 0 Å². The molecule has 4 atom stereocenters. The zero-order chi connectivity index (χ0) is 31.5. The number of para-hydroxylation sites is 1. The number of rotatable bonds is 16. The predicted octanol–water partition coefficient (Wildman–Crippen LogP) is 1.31. The number of carboxylic acid groups (broad SMARTS) is 1. The maximum absolute atomic E-state index is 13.6. The summed E-state index contributed by atoms with van der Waals surface area (Å²) in [5.74, 6) is -3.40. The van der Waals surface area contributed by atoms with Gasteiger partial charge in [-0.15, -0.1) is 0 Å². The van der Waals surface area contributed by atoms with Crippen LogP contribution in [0.15, 0.2) is 54.7 Å². The molecular formula is C31H42N6O6. The van der Waals surface area contributed by atoms with Crippen LogP contribution in [0.4, 0.5) is 0 Å². The molecule has 3 rings (SSSR count). The third-order valence-corrected chi connectivity index (χ3v) is 7.27. The summed E-state index contributed by atoms with van der Waals surface area (Å²) < 4.78 is 0. The Morgan fingerprint density at radius 3 is 2.16 bits per heavy atom. The standard InChI is InChI=1S/C31H42N6O6/c1-18(2)27(31(42)43)37-30(41)26(15-19-10-12-21(38)13-11-19)36-29(40)25(9-5-6-14-32)35-28(39)23(33)16-20-17-34-24-8-4-3-7-22(20)24/h3-4,7-8,10-13,17-18,23,25-27,34,38H,5-6,9,14-16,32-33H2,1-2H3,(H,35,39)(H,36,40)(H,37,41)(H,42,43). The second kappa shape index (κ2) is 15.7. The number of carbonyl (C=O) groups excluding carboxylic acids is 3. The van der Waals surface area contributed by atoms with E-state index >= 15 is 0 Å². The molecule has 3 aromatic rings. The number of aromatic hydroxyl groups is 1. The van der Waals surface area contributed by atoms with E-state index < -0.39 is 53.8 Å². The van der Waals surface area contributed by atoms with Crippen molar-refractivity contribution in [2.45, 2.75) is 70.1 Å². The van der Waals surface area contributed by atoms with E-state index in [1.54, 1.807) is 32.2 Å². The van der Waals surface area contributed by atoms with Crippen LogP contribution < -0.4 is 27.4 Å². The van der Waals surface area contributed by atoms with Gasteiger partial charge in [-0.2, -0.15) is 0 Å². The van der Waals surface area contributed by atoms with Crippen LogP contribution in [0.3, 0.4) is 0 Å². The number of unbranched alkanes of at least 4 members (excludes halogenated alkanes) is 1. The van der Waals surface area contributed by atoms with Gasteiger partial charge in [0.15, 0.2) is 0 Å². The second-order valence-electron chi connectivity index (χ2n) is 11.0. The fourth-order valence-corrected chi connectivity index (χ4v) is 4.79. The number of fused-ring (bicyclic) bond motifs is 1. The van der Waals surface area contributed by atoms with E-state index in [1.807, 2.05) is 24.3 Å². The van der Waals surface area contributed by atoms with Crippen molar-refractivity contribution in [1.82, 2.24) is 20.9 Å². The lowest BCUT2D eigenvalue weighted by Crippen LogP contribution is -2.58. The molecule has 3 amide bonds. The highest BCUT2D eigenvalue weighted by molar-refractivity contribution is 5.94. The molecule has 0 saturated carbocycles. The number of aromatic amines is 1. The molecule has 1 heterocycles. The van der Waals surface area contributed by atoms with Crippen molar-refractivity contribution >= 4 is 34.6 Å². The minimum Gasteiger partial charge on any atom is -0.508 e. The fourth-order valence-electron chi connectivity index (χ4n) is 4.79. The molecule has 10 N–H and O–H groups in total. The van der Waals surface area contributed by atoms with E-state index in [0.717, 1.165) is 16.5 Å². The van der Waals surface area contributed by atoms with Crippen LogP contribution in [0.5, 0.6) is 5.75 Å². The van der Waals surface area contributed by atoms with E-state index in [4.69, 9.17) is 11.5 Å². The van der Waals surface area contributed by atoms with Gasteiger partial charge in [0.05, 0.1) is 6.04 Å². The van der Waals surface area contributed by atoms with Gasteiger partial charge in [-0.05, 0) is 67.5 Å². The van der Waals surface area contributed by atoms with Gasteiger partial charge in [-0.25, -0.2) is 4.79 Å². The van der Waals surface area contributed by atoms with E-state index in [-0.39, 0.29) is 25.0 Å². The molecule has 0 spiro atoms. The number of nitrogens with two attached hydrogens (primary N) is 2. The summed E-state index contributed by atoms with van der Waals surface area (Å²) in [6.45, 7) is 3.73. The Labute approximate surface area is 250 Å². The van der Waals surface area contributed by atoms with Crippen LogP contribution in [0.2, 0.25) is 0 Å². The van der Waals surface area contributed by atoms with Crippen LogP contribution in [-0.2, 0) is 32.0 Å². The van der Waals surface area contributed by atoms with Gasteiger partial charge >= 0.3 is 5.97 Å². The van der Waals surface area contributed by atoms with Crippen molar-refractivity contribution in [1.29, 1.82) is 0 Å². The first kappa shape index (κ1) is 33.1. The van der Waals surface area contributed by atoms with Crippen LogP contribution >= 0.6 is 0 Å². The number of amides is 3. The molecule has 0 aliphatic carbocycles. The van der Waals surface area contributed by atoms with Crippen molar-refractivity contribution in [2.24, 2.45) is 17.4 Å². The normalized spacial score (nSPS) is 14.1. The first-order valence-corrected chi connectivity index (χ1v) is 14.4. The Balaban J connectivity index is 1.77. The molecule has 0 saturated heterocycles. The van der Waals surface area contributed by atoms with E-state index in [1.165, 1.54) is 12.1 Å². The fraction of sp³-hybridized carbons (Fsp3) is 0.419. The molecule has 1 aromatic heterocycles. The first-order valence-electron chi connectivity index (χ1n) is 14.4. The third-order valence-electron chi connectivity index (χ3n) is 7.27. The smallest absolute Gasteiger partial charge is 0.326 e. The lowest BCUT2D eigenvalue weighted by atomic mass is 10.0. The van der Waals surface area contributed by atoms with Gasteiger partial charge in [0.1, 0.15) is 23.9 Å². The van der Waals surface area contributed by atoms with Crippen LogP contribution in [0.25, 0.3) is 10.9 Å². The Kier molecular flexibility index (Phi) is 12.1. The molecule has 0 aliphatic heterocycles. The average molecular weight is 595 g/mol. The predicted molar refractivity (Wildman–Crippen MR) is 163 cm³/mol. The Morgan fingerprint density at radius 2 is 1.51 bits per heavy atom. The molecule has 0 fully saturated rings. The Morgan fingerprint density at radius 1 is 0.860 bits per heavy atom. The van der Waals surface area contributed by atoms with Crippen LogP contribution in [-0.4, -0.2) is 69.6 Å². The van der Waals surface area contributed by atoms with E-state index in [9.17, 15) is 29.4 Å². The lowest BCUT2D eigenvalue weighted by molar-refractivity contribution is -0.143. The van der Waals surface area contributed by atoms with E-state index in [0.29, 0.717) is 24.9 Å². The lowest BCUT2D eigenvalue weighted by Gasteiger charge is -2.26. The van der Waals surface area contributed by atoms with Gasteiger partial charge in [-0.3, -0.25) is 14.4 Å². The number of hydrogen-bond donors (Lipinski definition) is 8. The van der Waals surface area contributed by atoms with Crippen molar-refractivity contribution < 1.29 is 29.4 Å². The zero-order valence-electron chi connectivity index (χ0n) is 24.5. The molecule has 4 unspecified atom stereocenters. The number of nitrogens with one attached hydrogen (secondary N) is 4. The first-order chi connectivity index (χ1) is 20.5. The molecular weight excluding hydrogens is 552 g/mol. The summed E-state index contributed by atoms with van der Waals surface area (Å²) in [5, 5.41) is 28.1. The molecule has 0 aliphatic rings. The van der Waals surface area contributed by atoms with Gasteiger partial charge in [0.25, 0.3) is 0 Å². The van der Waals surface area contributed by atoms with Crippen LogP contribution in [0.1, 0.15) is 44.2 Å². The van der Waals surface area contributed by atoms with Crippen LogP contribution in [0, 0.1) is 5.92 Å². The van der Waals surface area contributed by atoms with Gasteiger partial charge in [-0.1, -0.05) is 44.2 Å². The molecule has 12 nitrogen and oxygen atoms in total. The number of phenolic OH excluding ortho intramolecular Hbond substituents is 1. The Bertz CT molecular complexity index is 1390. The SMILES string of the molecule is CC(C)C(NC(=O)C(Cc1ccc(O)cc1)NC(=O)C(CCCCN)NC(=O)C(N)Cc1c[nH]c2ccccc12)C(=O)O. The highest BCUT2D eigenvalue weighted by atomic mass is 16.4. The number of carbonyl (C=O) groups is 4. The monoisotopic (exact) mass is 594 g/mol. The number of aliphatic carboxylic acids is 1. The largest absolute Gasteiger partial charge is 0.508 e. The molecule has 0 radical (unpaired) electrons. The maximum atomic E-state index is 13.6. The van der Waals surface area contributed by atoms with Crippen molar-refractivity contribution in [3.05, 3.63) is 65.9 Å². The zero-order valence-corrected chi connectivity index (χ0v) is 24.5. The molecule has 232 valence electrons. The summed E-state index contributed by atoms with van der Waals surface area (Å²) in [6, 6.07) is 9.47. The van der Waals surface area contributed by atoms with Gasteiger partial charge < -0.3 is 42.6 Å². The Hall–Kier alpha value is -4.42. The summed E-state index contributed by atoms with van der Waals surface area (Å²) in [5.41, 5.74) is 14.3. The summed E-state index contributed by atoms with van der Waals surface area (Å²) in [4.78, 5) is 54.9. The number of hydrogen-bond acceptors (Lipinski definition) is 7. The van der Waals surface area contributed by atoms with Gasteiger partial charge in [0, 0.05) is 23.5 Å². The summed E-state index contributed by atoms with van der Waals surface area (Å²) in [7, 11) is 0. The van der Waals surface area contributed by atoms with Crippen molar-refractivity contribution in [3.8, 4) is 5.75 Å². The number of H-pyrrole nitrogens is 1. The molecule has 43 heavy (non-hydrogen) atoms. The summed E-state index contributed by atoms with van der Waals surface area (Å²) >= 11 is 0. The topological polar surface area (TPSA) is 213 Å². The van der Waals surface area contributed by atoms with E-state index in [2.05, 4.69) is 20.9 Å². The average Bonchev–Trinajstić information content (AvgIpc) is 3.38. The number of carboxylic acids is 1. The maximum Gasteiger partial charge on any atom is 0.326 e. The molecule has 12 heteroatoms. The van der Waals surface area contributed by atoms with Crippen molar-refractivity contribution in [2.75, 3.05) is 6.54 Å². The second-order valence-corrected chi connectivity index (χ2v) is 11.0. The number of aromatic nitrogens is 1. The quantitative estimate of drug-likeness (QED) is 0.113. The summed E-state index contributed by atoms with van der Waals surface area (Å²) in [6.07, 6.45) is 3.47. The minimum absolute atomic E-state index is 0.0197. The highest BCUT2D eigenvalue weighted by Crippen LogP contribution is 2.19. The molecule has 2 aromatic carbocycles. The highest BCUT2D eigenvalue weighted by Gasteiger charge is 2.31. The number of benzene rings is 2.